The lowest BCUT2D eigenvalue weighted by molar-refractivity contribution is -0.144. The van der Waals surface area contributed by atoms with Gasteiger partial charge in [0.1, 0.15) is 5.41 Å². The Morgan fingerprint density at radius 1 is 1.19 bits per heavy atom. The Hall–Kier alpha value is -1.14. The van der Waals surface area contributed by atoms with Gasteiger partial charge >= 0.3 is 0 Å². The zero-order valence-electron chi connectivity index (χ0n) is 13.2. The predicted molar refractivity (Wildman–Crippen MR) is 79.9 cm³/mol. The minimum Gasteiger partial charge on any atom is -0.379 e. The molecule has 0 bridgehead atoms. The number of amides is 2. The van der Waals surface area contributed by atoms with Crippen molar-refractivity contribution in [3.63, 3.8) is 0 Å². The van der Waals surface area contributed by atoms with Crippen LogP contribution in [0.25, 0.3) is 0 Å². The quantitative estimate of drug-likeness (QED) is 0.676. The number of hydrogen-bond donors (Lipinski definition) is 1. The third-order valence-corrected chi connectivity index (χ3v) is 4.46. The van der Waals surface area contributed by atoms with Crippen LogP contribution in [0.3, 0.4) is 0 Å². The standard InChI is InChI=1S/C15H27N3O3/c1-3-18(4-2)14(20)15(5-6-15)13(19)16-7-8-17-9-11-21-12-10-17/h3-12H2,1-2H3,(H,16,19). The molecule has 0 unspecified atom stereocenters. The molecule has 2 amide bonds. The molecule has 2 aliphatic rings. The van der Waals surface area contributed by atoms with Gasteiger partial charge in [0.15, 0.2) is 0 Å². The maximum absolute atomic E-state index is 12.4. The summed E-state index contributed by atoms with van der Waals surface area (Å²) in [6, 6.07) is 0. The van der Waals surface area contributed by atoms with Gasteiger partial charge in [-0.25, -0.2) is 0 Å². The number of carbonyl (C=O) groups is 2. The zero-order chi connectivity index (χ0) is 15.3. The topological polar surface area (TPSA) is 61.9 Å². The molecule has 120 valence electrons. The minimum atomic E-state index is -0.767. The molecule has 0 aromatic rings. The van der Waals surface area contributed by atoms with E-state index in [0.29, 0.717) is 32.5 Å². The smallest absolute Gasteiger partial charge is 0.238 e. The highest BCUT2D eigenvalue weighted by Crippen LogP contribution is 2.47. The second-order valence-electron chi connectivity index (χ2n) is 5.77. The van der Waals surface area contributed by atoms with Crippen molar-refractivity contribution in [2.45, 2.75) is 26.7 Å². The summed E-state index contributed by atoms with van der Waals surface area (Å²) in [7, 11) is 0. The fraction of sp³-hybridized carbons (Fsp3) is 0.867. The first kappa shape index (κ1) is 16.2. The van der Waals surface area contributed by atoms with Crippen molar-refractivity contribution in [2.24, 2.45) is 5.41 Å². The lowest BCUT2D eigenvalue weighted by Gasteiger charge is -2.27. The molecule has 1 aliphatic carbocycles. The zero-order valence-corrected chi connectivity index (χ0v) is 13.2. The van der Waals surface area contributed by atoms with Gasteiger partial charge in [-0.1, -0.05) is 0 Å². The third-order valence-electron chi connectivity index (χ3n) is 4.46. The first-order valence-corrected chi connectivity index (χ1v) is 8.02. The van der Waals surface area contributed by atoms with Gasteiger partial charge in [-0.3, -0.25) is 14.5 Å². The van der Waals surface area contributed by atoms with Crippen molar-refractivity contribution >= 4 is 11.8 Å². The molecule has 1 N–H and O–H groups in total. The van der Waals surface area contributed by atoms with Crippen LogP contribution in [0.4, 0.5) is 0 Å². The summed E-state index contributed by atoms with van der Waals surface area (Å²) in [6.45, 7) is 10.0. The summed E-state index contributed by atoms with van der Waals surface area (Å²) >= 11 is 0. The molecule has 1 saturated carbocycles. The summed E-state index contributed by atoms with van der Waals surface area (Å²) in [5.41, 5.74) is -0.767. The lowest BCUT2D eigenvalue weighted by Crippen LogP contribution is -2.47. The Balaban J connectivity index is 1.78. The van der Waals surface area contributed by atoms with Crippen LogP contribution in [-0.2, 0) is 14.3 Å². The first-order chi connectivity index (χ1) is 10.1. The number of morpholine rings is 1. The van der Waals surface area contributed by atoms with Gasteiger partial charge in [-0.2, -0.15) is 0 Å². The molecule has 2 fully saturated rings. The summed E-state index contributed by atoms with van der Waals surface area (Å²) in [6.07, 6.45) is 1.37. The Morgan fingerprint density at radius 3 is 2.33 bits per heavy atom. The molecule has 1 saturated heterocycles. The Bertz CT molecular complexity index is 372. The highest BCUT2D eigenvalue weighted by atomic mass is 16.5. The molecule has 0 aromatic carbocycles. The number of nitrogens with zero attached hydrogens (tertiary/aromatic N) is 2. The van der Waals surface area contributed by atoms with Gasteiger partial charge in [0.25, 0.3) is 0 Å². The van der Waals surface area contributed by atoms with Crippen molar-refractivity contribution < 1.29 is 14.3 Å². The van der Waals surface area contributed by atoms with Crippen LogP contribution >= 0.6 is 0 Å². The molecular weight excluding hydrogens is 270 g/mol. The highest BCUT2D eigenvalue weighted by Gasteiger charge is 2.57. The van der Waals surface area contributed by atoms with E-state index in [9.17, 15) is 9.59 Å². The molecule has 0 radical (unpaired) electrons. The van der Waals surface area contributed by atoms with Crippen LogP contribution in [-0.4, -0.2) is 74.1 Å². The minimum absolute atomic E-state index is 0.00336. The Labute approximate surface area is 126 Å². The van der Waals surface area contributed by atoms with Crippen molar-refractivity contribution in [3.05, 3.63) is 0 Å². The van der Waals surface area contributed by atoms with Crippen LogP contribution < -0.4 is 5.32 Å². The maximum Gasteiger partial charge on any atom is 0.238 e. The average Bonchev–Trinajstić information content (AvgIpc) is 3.31. The molecule has 0 spiro atoms. The SMILES string of the molecule is CCN(CC)C(=O)C1(C(=O)NCCN2CCOCC2)CC1. The van der Waals surface area contributed by atoms with Crippen molar-refractivity contribution in [3.8, 4) is 0 Å². The molecule has 1 aliphatic heterocycles. The fourth-order valence-electron chi connectivity index (χ4n) is 2.80. The number of nitrogens with one attached hydrogen (secondary N) is 1. The number of rotatable bonds is 7. The van der Waals surface area contributed by atoms with Gasteiger partial charge in [0.2, 0.25) is 11.8 Å². The summed E-state index contributed by atoms with van der Waals surface area (Å²) in [4.78, 5) is 28.8. The van der Waals surface area contributed by atoms with E-state index >= 15 is 0 Å². The van der Waals surface area contributed by atoms with Crippen molar-refractivity contribution in [1.29, 1.82) is 0 Å². The van der Waals surface area contributed by atoms with E-state index in [1.807, 2.05) is 13.8 Å². The van der Waals surface area contributed by atoms with Crippen LogP contribution in [0, 0.1) is 5.41 Å². The second-order valence-corrected chi connectivity index (χ2v) is 5.77. The fourth-order valence-corrected chi connectivity index (χ4v) is 2.80. The number of ether oxygens (including phenoxy) is 1. The molecule has 2 rings (SSSR count). The Kier molecular flexibility index (Phi) is 5.58. The number of carbonyl (C=O) groups excluding carboxylic acids is 2. The van der Waals surface area contributed by atoms with E-state index in [0.717, 1.165) is 32.8 Å². The molecular formula is C15H27N3O3. The van der Waals surface area contributed by atoms with Gasteiger partial charge in [-0.15, -0.1) is 0 Å². The monoisotopic (exact) mass is 297 g/mol. The van der Waals surface area contributed by atoms with Crippen LogP contribution in [0.1, 0.15) is 26.7 Å². The molecule has 0 aromatic heterocycles. The van der Waals surface area contributed by atoms with Crippen molar-refractivity contribution in [1.82, 2.24) is 15.1 Å². The summed E-state index contributed by atoms with van der Waals surface area (Å²) in [5.74, 6) is -0.0935. The van der Waals surface area contributed by atoms with Gasteiger partial charge in [0.05, 0.1) is 13.2 Å². The predicted octanol–water partition coefficient (Wildman–Crippen LogP) is 0.0834. The average molecular weight is 297 g/mol. The second kappa shape index (κ2) is 7.22. The van der Waals surface area contributed by atoms with Gasteiger partial charge in [-0.05, 0) is 26.7 Å². The highest BCUT2D eigenvalue weighted by molar-refractivity contribution is 6.07. The summed E-state index contributed by atoms with van der Waals surface area (Å²) < 4.78 is 5.29. The van der Waals surface area contributed by atoms with E-state index in [1.54, 1.807) is 4.90 Å². The lowest BCUT2D eigenvalue weighted by atomic mass is 10.0. The molecule has 1 heterocycles. The third kappa shape index (κ3) is 3.74. The number of hydrogen-bond acceptors (Lipinski definition) is 4. The van der Waals surface area contributed by atoms with E-state index in [2.05, 4.69) is 10.2 Å². The largest absolute Gasteiger partial charge is 0.379 e. The molecule has 21 heavy (non-hydrogen) atoms. The Morgan fingerprint density at radius 2 is 1.81 bits per heavy atom. The normalized spacial score (nSPS) is 20.9. The maximum atomic E-state index is 12.4. The van der Waals surface area contributed by atoms with E-state index in [1.165, 1.54) is 0 Å². The van der Waals surface area contributed by atoms with E-state index in [4.69, 9.17) is 4.74 Å². The van der Waals surface area contributed by atoms with Crippen LogP contribution in [0.5, 0.6) is 0 Å². The molecule has 0 atom stereocenters. The van der Waals surface area contributed by atoms with Crippen molar-refractivity contribution in [2.75, 3.05) is 52.5 Å². The van der Waals surface area contributed by atoms with E-state index < -0.39 is 5.41 Å². The van der Waals surface area contributed by atoms with Crippen LogP contribution in [0.15, 0.2) is 0 Å². The van der Waals surface area contributed by atoms with Gasteiger partial charge < -0.3 is 15.0 Å². The summed E-state index contributed by atoms with van der Waals surface area (Å²) in [5, 5.41) is 2.95. The van der Waals surface area contributed by atoms with Crippen LogP contribution in [0.2, 0.25) is 0 Å². The molecule has 6 nitrogen and oxygen atoms in total. The van der Waals surface area contributed by atoms with Gasteiger partial charge in [0, 0.05) is 39.3 Å². The van der Waals surface area contributed by atoms with E-state index in [-0.39, 0.29) is 11.8 Å². The first-order valence-electron chi connectivity index (χ1n) is 8.02. The molecule has 6 heteroatoms.